The van der Waals surface area contributed by atoms with E-state index in [2.05, 4.69) is 0 Å². The van der Waals surface area contributed by atoms with Crippen molar-refractivity contribution < 1.29 is 48.6 Å². The van der Waals surface area contributed by atoms with Crippen molar-refractivity contribution >= 4 is 11.9 Å². The van der Waals surface area contributed by atoms with Crippen LogP contribution in [0.25, 0.3) is 0 Å². The first-order valence-corrected chi connectivity index (χ1v) is 13.5. The van der Waals surface area contributed by atoms with Crippen LogP contribution in [0.15, 0.2) is 47.6 Å². The van der Waals surface area contributed by atoms with E-state index in [9.17, 15) is 24.9 Å². The molecule has 1 saturated carbocycles. The third kappa shape index (κ3) is 4.61. The minimum atomic E-state index is -1.11. The highest BCUT2D eigenvalue weighted by Crippen LogP contribution is 2.72. The average molecular weight is 547 g/mol. The van der Waals surface area contributed by atoms with E-state index in [-0.39, 0.29) is 25.7 Å². The van der Waals surface area contributed by atoms with Gasteiger partial charge < -0.3 is 39.0 Å². The van der Waals surface area contributed by atoms with Crippen LogP contribution in [-0.2, 0) is 33.3 Å². The lowest BCUT2D eigenvalue weighted by Crippen LogP contribution is -2.68. The summed E-state index contributed by atoms with van der Waals surface area (Å²) in [6.07, 6.45) is 4.68. The topological polar surface area (TPSA) is 144 Å². The molecule has 0 radical (unpaired) electrons. The maximum Gasteiger partial charge on any atom is 0.331 e. The second-order valence-electron chi connectivity index (χ2n) is 11.7. The highest BCUT2D eigenvalue weighted by molar-refractivity contribution is 5.83. The molecule has 0 aromatic heterocycles. The van der Waals surface area contributed by atoms with Crippen LogP contribution in [0.5, 0.6) is 0 Å². The second-order valence-corrected chi connectivity index (χ2v) is 11.7. The molecule has 0 aromatic carbocycles. The Bertz CT molecular complexity index is 1120. The number of hydrogen-bond donors (Lipinski definition) is 3. The molecule has 2 saturated heterocycles. The molecule has 2 spiro atoms. The van der Waals surface area contributed by atoms with Crippen LogP contribution in [0.3, 0.4) is 0 Å². The monoisotopic (exact) mass is 546 g/mol. The molecule has 0 unspecified atom stereocenters. The Morgan fingerprint density at radius 2 is 1.77 bits per heavy atom. The van der Waals surface area contributed by atoms with E-state index in [0.717, 1.165) is 5.57 Å². The van der Waals surface area contributed by atoms with Gasteiger partial charge in [0.25, 0.3) is 0 Å². The van der Waals surface area contributed by atoms with Crippen LogP contribution in [0, 0.1) is 10.8 Å². The third-order valence-electron chi connectivity index (χ3n) is 9.48. The number of hydrogen-bond acceptors (Lipinski definition) is 10. The first kappa shape index (κ1) is 28.2. The van der Waals surface area contributed by atoms with Crippen LogP contribution in [0.2, 0.25) is 0 Å². The lowest BCUT2D eigenvalue weighted by atomic mass is 9.51. The summed E-state index contributed by atoms with van der Waals surface area (Å²) in [5.74, 6) is -1.23. The van der Waals surface area contributed by atoms with Gasteiger partial charge in [-0.25, -0.2) is 9.59 Å². The number of allylic oxidation sites excluding steroid dienone is 2. The molecule has 39 heavy (non-hydrogen) atoms. The van der Waals surface area contributed by atoms with E-state index in [1.54, 1.807) is 26.0 Å². The molecular weight excluding hydrogens is 508 g/mol. The number of ether oxygens (including phenoxy) is 5. The fourth-order valence-corrected chi connectivity index (χ4v) is 6.84. The molecule has 3 fully saturated rings. The number of aliphatic hydroxyl groups excluding tert-OH is 3. The van der Waals surface area contributed by atoms with Gasteiger partial charge in [-0.2, -0.15) is 0 Å². The minimum Gasteiger partial charge on any atom is -0.462 e. The Hall–Kier alpha value is -2.34. The van der Waals surface area contributed by atoms with Crippen molar-refractivity contribution in [3.05, 3.63) is 47.6 Å². The van der Waals surface area contributed by atoms with Gasteiger partial charge in [-0.3, -0.25) is 0 Å². The highest BCUT2D eigenvalue weighted by atomic mass is 16.6. The molecule has 2 bridgehead atoms. The SMILES string of the molecule is CC1=C[C@H]2O[C@H]3C[C@H]4OC(=O)/C=C/C=C/[C@@H]([C@@H](C)O)OC[C@H](O)/C(C)=C/C(=O)OC[C@@]2(C[C@H]1O)[C@@]4(C)[C@@]31CO1. The minimum absolute atomic E-state index is 0.112. The summed E-state index contributed by atoms with van der Waals surface area (Å²) in [7, 11) is 0. The van der Waals surface area contributed by atoms with Crippen molar-refractivity contribution in [1.82, 2.24) is 0 Å². The van der Waals surface area contributed by atoms with Gasteiger partial charge in [-0.05, 0) is 38.3 Å². The predicted molar refractivity (Wildman–Crippen MR) is 137 cm³/mol. The summed E-state index contributed by atoms with van der Waals surface area (Å²) in [6.45, 7) is 7.09. The molecule has 5 aliphatic rings. The first-order chi connectivity index (χ1) is 18.4. The Balaban J connectivity index is 1.54. The van der Waals surface area contributed by atoms with Crippen LogP contribution in [-0.4, -0.2) is 95.4 Å². The van der Waals surface area contributed by atoms with Gasteiger partial charge in [0.1, 0.15) is 24.4 Å². The summed E-state index contributed by atoms with van der Waals surface area (Å²) in [5.41, 5.74) is -1.40. The maximum atomic E-state index is 13.0. The lowest BCUT2D eigenvalue weighted by molar-refractivity contribution is -0.238. The average Bonchev–Trinajstić information content (AvgIpc) is 3.65. The summed E-state index contributed by atoms with van der Waals surface area (Å²) in [5, 5.41) is 31.6. The molecule has 10 heteroatoms. The third-order valence-corrected chi connectivity index (χ3v) is 9.48. The second kappa shape index (κ2) is 10.2. The van der Waals surface area contributed by atoms with Crippen molar-refractivity contribution in [1.29, 1.82) is 0 Å². The molecule has 10 nitrogen and oxygen atoms in total. The summed E-state index contributed by atoms with van der Waals surface area (Å²) < 4.78 is 30.1. The zero-order valence-electron chi connectivity index (χ0n) is 22.7. The van der Waals surface area contributed by atoms with Crippen LogP contribution in [0.1, 0.15) is 40.5 Å². The van der Waals surface area contributed by atoms with Crippen molar-refractivity contribution in [2.45, 2.75) is 88.9 Å². The fourth-order valence-electron chi connectivity index (χ4n) is 6.84. The first-order valence-electron chi connectivity index (χ1n) is 13.5. The van der Waals surface area contributed by atoms with Gasteiger partial charge >= 0.3 is 11.9 Å². The molecule has 0 amide bonds. The molecule has 10 atom stereocenters. The number of carbonyl (C=O) groups excluding carboxylic acids is 2. The van der Waals surface area contributed by atoms with E-state index in [4.69, 9.17) is 23.7 Å². The Labute approximate surface area is 227 Å². The van der Waals surface area contributed by atoms with Gasteiger partial charge in [0.05, 0.1) is 49.1 Å². The Morgan fingerprint density at radius 3 is 2.46 bits per heavy atom. The molecule has 5 rings (SSSR count). The number of rotatable bonds is 1. The maximum absolute atomic E-state index is 13.0. The number of esters is 2. The Morgan fingerprint density at radius 1 is 1.03 bits per heavy atom. The number of cyclic esters (lactones) is 1. The zero-order chi connectivity index (χ0) is 28.2. The van der Waals surface area contributed by atoms with Gasteiger partial charge in [0.2, 0.25) is 0 Å². The molecule has 214 valence electrons. The fraction of sp³-hybridized carbons (Fsp3) is 0.655. The molecule has 2 aliphatic carbocycles. The van der Waals surface area contributed by atoms with Crippen molar-refractivity contribution in [3.63, 3.8) is 0 Å². The number of epoxide rings is 1. The smallest absolute Gasteiger partial charge is 0.331 e. The van der Waals surface area contributed by atoms with Crippen LogP contribution < -0.4 is 0 Å². The van der Waals surface area contributed by atoms with E-state index in [1.807, 2.05) is 19.9 Å². The van der Waals surface area contributed by atoms with Gasteiger partial charge in [-0.15, -0.1) is 0 Å². The predicted octanol–water partition coefficient (Wildman–Crippen LogP) is 1.28. The van der Waals surface area contributed by atoms with Crippen molar-refractivity contribution in [2.24, 2.45) is 10.8 Å². The summed E-state index contributed by atoms with van der Waals surface area (Å²) in [6, 6.07) is 0. The van der Waals surface area contributed by atoms with Gasteiger partial charge in [-0.1, -0.05) is 31.2 Å². The van der Waals surface area contributed by atoms with Crippen LogP contribution in [0.4, 0.5) is 0 Å². The molecule has 3 N–H and O–H groups in total. The lowest BCUT2D eigenvalue weighted by Gasteiger charge is -2.58. The molecule has 3 heterocycles. The summed E-state index contributed by atoms with van der Waals surface area (Å²) in [4.78, 5) is 25.9. The zero-order valence-corrected chi connectivity index (χ0v) is 22.7. The van der Waals surface area contributed by atoms with E-state index < -0.39 is 65.0 Å². The quantitative estimate of drug-likeness (QED) is 0.250. The number of aliphatic hydroxyl groups is 3. The number of carbonyl (C=O) groups is 2. The van der Waals surface area contributed by atoms with Gasteiger partial charge in [0.15, 0.2) is 0 Å². The highest BCUT2D eigenvalue weighted by Gasteiger charge is 2.83. The van der Waals surface area contributed by atoms with E-state index >= 15 is 0 Å². The molecular formula is C29H38O10. The standard InChI is InChI=1S/C29H38O10/c1-16-9-23-28(12-19(16)31)14-36-26(34)10-17(2)20(32)13-35-21(18(3)30)7-5-6-8-25(33)39-22-11-24(38-23)29(15-37-29)27(22,28)4/h5-10,18-24,30-32H,11-15H2,1-4H3/b7-5+,8-6+,17-10+/t18-,19-,20+,21+,22-,23-,24+,27+,28-,29-/m1/s1. The molecule has 0 aromatic rings. The van der Waals surface area contributed by atoms with Crippen molar-refractivity contribution in [3.8, 4) is 0 Å². The normalized spacial score (nSPS) is 48.3. The largest absolute Gasteiger partial charge is 0.462 e. The Kier molecular flexibility index (Phi) is 7.41. The van der Waals surface area contributed by atoms with Crippen molar-refractivity contribution in [2.75, 3.05) is 19.8 Å². The van der Waals surface area contributed by atoms with Crippen LogP contribution >= 0.6 is 0 Å². The van der Waals surface area contributed by atoms with E-state index in [1.165, 1.54) is 18.2 Å². The van der Waals surface area contributed by atoms with E-state index in [0.29, 0.717) is 18.6 Å². The van der Waals surface area contributed by atoms with Gasteiger partial charge in [0, 0.05) is 24.0 Å². The summed E-state index contributed by atoms with van der Waals surface area (Å²) >= 11 is 0. The molecule has 3 aliphatic heterocycles.